The summed E-state index contributed by atoms with van der Waals surface area (Å²) in [6.45, 7) is 0.742. The van der Waals surface area contributed by atoms with Gasteiger partial charge >= 0.3 is 0 Å². The number of sulfone groups is 1. The van der Waals surface area contributed by atoms with E-state index in [1.54, 1.807) is 0 Å². The summed E-state index contributed by atoms with van der Waals surface area (Å²) < 4.78 is 28.9. The van der Waals surface area contributed by atoms with E-state index in [2.05, 4.69) is 18.2 Å². The van der Waals surface area contributed by atoms with Gasteiger partial charge in [0.1, 0.15) is 0 Å². The predicted octanol–water partition coefficient (Wildman–Crippen LogP) is 1.84. The molecule has 1 aromatic carbocycles. The molecule has 1 aromatic rings. The van der Waals surface area contributed by atoms with Gasteiger partial charge in [0.15, 0.2) is 9.84 Å². The Balaban J connectivity index is 1.60. The molecule has 3 rings (SSSR count). The number of hydrogen-bond acceptors (Lipinski definition) is 4. The monoisotopic (exact) mass is 309 g/mol. The zero-order chi connectivity index (χ0) is 14.9. The maximum absolute atomic E-state index is 11.5. The lowest BCUT2D eigenvalue weighted by molar-refractivity contribution is 0.0307. The lowest BCUT2D eigenvalue weighted by Crippen LogP contribution is -2.29. The highest BCUT2D eigenvalue weighted by atomic mass is 32.2. The van der Waals surface area contributed by atoms with Crippen molar-refractivity contribution in [1.29, 1.82) is 0 Å². The second-order valence-electron chi connectivity index (χ2n) is 6.31. The maximum atomic E-state index is 11.5. The Morgan fingerprint density at radius 3 is 2.86 bits per heavy atom. The number of rotatable bonds is 4. The molecular weight excluding hydrogens is 286 g/mol. The second-order valence-corrected chi connectivity index (χ2v) is 8.54. The van der Waals surface area contributed by atoms with Crippen LogP contribution >= 0.6 is 0 Å². The molecule has 4 nitrogen and oxygen atoms in total. The van der Waals surface area contributed by atoms with E-state index < -0.39 is 9.84 Å². The van der Waals surface area contributed by atoms with E-state index in [-0.39, 0.29) is 18.1 Å². The van der Waals surface area contributed by atoms with Gasteiger partial charge in [0.25, 0.3) is 0 Å². The average Bonchev–Trinajstić information content (AvgIpc) is 2.78. The lowest BCUT2D eigenvalue weighted by Gasteiger charge is -2.28. The van der Waals surface area contributed by atoms with Crippen LogP contribution in [0.4, 0.5) is 0 Å². The van der Waals surface area contributed by atoms with Crippen LogP contribution in [0.5, 0.6) is 0 Å². The number of fused-ring (bicyclic) bond motifs is 1. The van der Waals surface area contributed by atoms with Gasteiger partial charge in [-0.05, 0) is 42.7 Å². The molecule has 0 bridgehead atoms. The van der Waals surface area contributed by atoms with Crippen molar-refractivity contribution >= 4 is 9.84 Å². The fourth-order valence-electron chi connectivity index (χ4n) is 3.53. The molecule has 2 heterocycles. The molecule has 116 valence electrons. The first-order valence-electron chi connectivity index (χ1n) is 7.69. The highest BCUT2D eigenvalue weighted by molar-refractivity contribution is 7.91. The van der Waals surface area contributed by atoms with Crippen LogP contribution in [0.1, 0.15) is 36.5 Å². The molecule has 1 saturated heterocycles. The average molecular weight is 309 g/mol. The van der Waals surface area contributed by atoms with Gasteiger partial charge in [-0.15, -0.1) is 0 Å². The van der Waals surface area contributed by atoms with Crippen LogP contribution in [0.25, 0.3) is 0 Å². The molecule has 0 radical (unpaired) electrons. The van der Waals surface area contributed by atoms with Gasteiger partial charge in [0, 0.05) is 6.04 Å². The lowest BCUT2D eigenvalue weighted by atomic mass is 9.90. The van der Waals surface area contributed by atoms with Crippen LogP contribution < -0.4 is 5.73 Å². The van der Waals surface area contributed by atoms with E-state index in [0.717, 1.165) is 32.3 Å². The zero-order valence-corrected chi connectivity index (χ0v) is 13.0. The Bertz CT molecular complexity index is 599. The van der Waals surface area contributed by atoms with Crippen molar-refractivity contribution < 1.29 is 13.2 Å². The molecule has 5 heteroatoms. The summed E-state index contributed by atoms with van der Waals surface area (Å²) in [5.41, 5.74) is 8.85. The van der Waals surface area contributed by atoms with Crippen molar-refractivity contribution in [3.05, 3.63) is 35.4 Å². The number of hydrogen-bond donors (Lipinski definition) is 1. The van der Waals surface area contributed by atoms with Crippen molar-refractivity contribution in [3.8, 4) is 0 Å². The first-order chi connectivity index (χ1) is 10.0. The molecule has 21 heavy (non-hydrogen) atoms. The predicted molar refractivity (Wildman–Crippen MR) is 82.8 cm³/mol. The van der Waals surface area contributed by atoms with Crippen molar-refractivity contribution in [2.75, 3.05) is 18.1 Å². The van der Waals surface area contributed by atoms with E-state index in [0.29, 0.717) is 11.5 Å². The molecule has 3 unspecified atom stereocenters. The number of ether oxygens (including phenoxy) is 1. The molecule has 2 aliphatic rings. The summed E-state index contributed by atoms with van der Waals surface area (Å²) in [6.07, 6.45) is 3.33. The Hall–Kier alpha value is -0.910. The highest BCUT2D eigenvalue weighted by Crippen LogP contribution is 2.32. The smallest absolute Gasteiger partial charge is 0.150 e. The molecule has 0 spiro atoms. The molecule has 2 N–H and O–H groups in total. The topological polar surface area (TPSA) is 69.4 Å². The summed E-state index contributed by atoms with van der Waals surface area (Å²) in [4.78, 5) is 0. The van der Waals surface area contributed by atoms with Crippen molar-refractivity contribution in [1.82, 2.24) is 0 Å². The van der Waals surface area contributed by atoms with Crippen LogP contribution in [0, 0.1) is 5.92 Å². The molecule has 2 aliphatic heterocycles. The van der Waals surface area contributed by atoms with Gasteiger partial charge in [-0.25, -0.2) is 8.42 Å². The van der Waals surface area contributed by atoms with Crippen LogP contribution in [-0.4, -0.2) is 32.6 Å². The SMILES string of the molecule is NC(CC1CCS(=O)(=O)C1)CC1OCCc2ccccc21. The molecule has 0 aromatic heterocycles. The molecule has 0 aliphatic carbocycles. The Morgan fingerprint density at radius 2 is 2.10 bits per heavy atom. The Labute approximate surface area is 126 Å². The van der Waals surface area contributed by atoms with Gasteiger partial charge in [-0.1, -0.05) is 24.3 Å². The van der Waals surface area contributed by atoms with Crippen molar-refractivity contribution in [2.45, 2.75) is 37.8 Å². The molecular formula is C16H23NO3S. The van der Waals surface area contributed by atoms with Crippen LogP contribution in [-0.2, 0) is 21.0 Å². The first kappa shape index (κ1) is 15.0. The van der Waals surface area contributed by atoms with Gasteiger partial charge in [0.2, 0.25) is 0 Å². The quantitative estimate of drug-likeness (QED) is 0.921. The van der Waals surface area contributed by atoms with Crippen LogP contribution in [0.2, 0.25) is 0 Å². The van der Waals surface area contributed by atoms with Crippen LogP contribution in [0.3, 0.4) is 0 Å². The van der Waals surface area contributed by atoms with Crippen LogP contribution in [0.15, 0.2) is 24.3 Å². The minimum Gasteiger partial charge on any atom is -0.373 e. The van der Waals surface area contributed by atoms with Gasteiger partial charge in [0.05, 0.1) is 24.2 Å². The summed E-state index contributed by atoms with van der Waals surface area (Å²) in [6, 6.07) is 8.37. The summed E-state index contributed by atoms with van der Waals surface area (Å²) in [5.74, 6) is 0.861. The van der Waals surface area contributed by atoms with Gasteiger partial charge < -0.3 is 10.5 Å². The fraction of sp³-hybridized carbons (Fsp3) is 0.625. The third-order valence-electron chi connectivity index (χ3n) is 4.57. The van der Waals surface area contributed by atoms with Gasteiger partial charge in [-0.3, -0.25) is 0 Å². The Kier molecular flexibility index (Phi) is 4.33. The molecule has 0 saturated carbocycles. The fourth-order valence-corrected chi connectivity index (χ4v) is 5.41. The standard InChI is InChI=1S/C16H23NO3S/c17-14(9-12-6-8-21(18,19)11-12)10-16-15-4-2-1-3-13(15)5-7-20-16/h1-4,12,14,16H,5-11,17H2. The number of benzene rings is 1. The summed E-state index contributed by atoms with van der Waals surface area (Å²) >= 11 is 0. The highest BCUT2D eigenvalue weighted by Gasteiger charge is 2.30. The largest absolute Gasteiger partial charge is 0.373 e. The van der Waals surface area contributed by atoms with Gasteiger partial charge in [-0.2, -0.15) is 0 Å². The molecule has 0 amide bonds. The first-order valence-corrected chi connectivity index (χ1v) is 9.51. The summed E-state index contributed by atoms with van der Waals surface area (Å²) in [7, 11) is -2.81. The minimum atomic E-state index is -2.81. The third kappa shape index (κ3) is 3.65. The minimum absolute atomic E-state index is 0.000504. The van der Waals surface area contributed by atoms with E-state index in [1.165, 1.54) is 11.1 Å². The Morgan fingerprint density at radius 1 is 1.29 bits per heavy atom. The summed E-state index contributed by atoms with van der Waals surface area (Å²) in [5, 5.41) is 0. The second kappa shape index (κ2) is 6.07. The molecule has 1 fully saturated rings. The maximum Gasteiger partial charge on any atom is 0.150 e. The molecule has 3 atom stereocenters. The van der Waals surface area contributed by atoms with E-state index >= 15 is 0 Å². The third-order valence-corrected chi connectivity index (χ3v) is 6.41. The van der Waals surface area contributed by atoms with Crippen molar-refractivity contribution in [3.63, 3.8) is 0 Å². The normalized spacial score (nSPS) is 29.0. The zero-order valence-electron chi connectivity index (χ0n) is 12.2. The van der Waals surface area contributed by atoms with Crippen molar-refractivity contribution in [2.24, 2.45) is 11.7 Å². The van der Waals surface area contributed by atoms with E-state index in [9.17, 15) is 8.42 Å². The van der Waals surface area contributed by atoms with E-state index in [1.807, 2.05) is 6.07 Å². The van der Waals surface area contributed by atoms with E-state index in [4.69, 9.17) is 10.5 Å². The number of nitrogens with two attached hydrogens (primary N) is 1.